The summed E-state index contributed by atoms with van der Waals surface area (Å²) >= 11 is 0. The largest absolute Gasteiger partial charge is 0.278 e. The van der Waals surface area contributed by atoms with Crippen molar-refractivity contribution in [2.45, 2.75) is 5.03 Å². The average Bonchev–Trinajstić information content (AvgIpc) is 2.61. The van der Waals surface area contributed by atoms with Gasteiger partial charge in [-0.15, -0.1) is 0 Å². The minimum atomic E-state index is -3.75. The van der Waals surface area contributed by atoms with Crippen molar-refractivity contribution in [3.05, 3.63) is 36.4 Å². The number of hydrogen-bond acceptors (Lipinski definition) is 3. The second-order valence-corrected chi connectivity index (χ2v) is 5.81. The van der Waals surface area contributed by atoms with Gasteiger partial charge < -0.3 is 0 Å². The highest BCUT2D eigenvalue weighted by Crippen LogP contribution is 2.22. The van der Waals surface area contributed by atoms with Crippen molar-refractivity contribution >= 4 is 19.7 Å². The molecule has 0 saturated heterocycles. The molecule has 84 valence electrons. The second kappa shape index (κ2) is 3.92. The first-order chi connectivity index (χ1) is 7.48. The van der Waals surface area contributed by atoms with Gasteiger partial charge >= 0.3 is 0 Å². The normalized spacial score (nSPS) is 11.6. The molecule has 1 heterocycles. The van der Waals surface area contributed by atoms with Crippen LogP contribution in [0.5, 0.6) is 0 Å². The molecule has 4 nitrogen and oxygen atoms in total. The van der Waals surface area contributed by atoms with Gasteiger partial charge in [-0.05, 0) is 0 Å². The smallest absolute Gasteiger partial charge is 0.256 e. The Labute approximate surface area is 97.9 Å². The third-order valence-corrected chi connectivity index (χ3v) is 3.51. The van der Waals surface area contributed by atoms with Crippen molar-refractivity contribution in [2.75, 3.05) is 0 Å². The monoisotopic (exact) mass is 256 g/mol. The van der Waals surface area contributed by atoms with E-state index in [-0.39, 0.29) is 5.03 Å². The summed E-state index contributed by atoms with van der Waals surface area (Å²) in [6.45, 7) is 0. The predicted octanol–water partition coefficient (Wildman–Crippen LogP) is 2.01. The van der Waals surface area contributed by atoms with Gasteiger partial charge in [-0.2, -0.15) is 5.10 Å². The third kappa shape index (κ3) is 2.10. The Morgan fingerprint density at radius 1 is 1.25 bits per heavy atom. The molecule has 0 spiro atoms. The van der Waals surface area contributed by atoms with Crippen LogP contribution in [-0.2, 0) is 16.1 Å². The van der Waals surface area contributed by atoms with Crippen LogP contribution in [0.15, 0.2) is 41.4 Å². The van der Waals surface area contributed by atoms with Gasteiger partial charge in [-0.1, -0.05) is 30.3 Å². The fraction of sp³-hybridized carbons (Fsp3) is 0.100. The molecule has 6 heteroatoms. The van der Waals surface area contributed by atoms with Crippen molar-refractivity contribution < 1.29 is 8.42 Å². The lowest BCUT2D eigenvalue weighted by molar-refractivity contribution is 0.590. The summed E-state index contributed by atoms with van der Waals surface area (Å²) < 4.78 is 23.7. The molecule has 0 unspecified atom stereocenters. The lowest BCUT2D eigenvalue weighted by Crippen LogP contribution is -2.00. The minimum absolute atomic E-state index is 0.00646. The summed E-state index contributed by atoms with van der Waals surface area (Å²) in [6.07, 6.45) is 0. The molecular weight excluding hydrogens is 248 g/mol. The van der Waals surface area contributed by atoms with Crippen LogP contribution in [-0.4, -0.2) is 18.2 Å². The van der Waals surface area contributed by atoms with E-state index in [0.29, 0.717) is 5.69 Å². The summed E-state index contributed by atoms with van der Waals surface area (Å²) in [5.74, 6) is 0. The van der Waals surface area contributed by atoms with Crippen LogP contribution in [0, 0.1) is 0 Å². The average molecular weight is 257 g/mol. The number of rotatable bonds is 2. The molecular formula is C10H9ClN2O2S. The Morgan fingerprint density at radius 3 is 2.38 bits per heavy atom. The van der Waals surface area contributed by atoms with E-state index < -0.39 is 9.05 Å². The van der Waals surface area contributed by atoms with Crippen molar-refractivity contribution in [3.8, 4) is 11.3 Å². The fourth-order valence-corrected chi connectivity index (χ4v) is 2.47. The highest BCUT2D eigenvalue weighted by Gasteiger charge is 2.17. The summed E-state index contributed by atoms with van der Waals surface area (Å²) in [6, 6.07) is 10.8. The number of halogens is 1. The zero-order valence-electron chi connectivity index (χ0n) is 8.46. The molecule has 0 aliphatic heterocycles. The minimum Gasteiger partial charge on any atom is -0.256 e. The van der Waals surface area contributed by atoms with E-state index in [2.05, 4.69) is 5.10 Å². The number of hydrogen-bond donors (Lipinski definition) is 0. The van der Waals surface area contributed by atoms with Gasteiger partial charge in [0.2, 0.25) is 0 Å². The molecule has 0 bridgehead atoms. The fourth-order valence-electron chi connectivity index (χ4n) is 1.43. The molecule has 0 N–H and O–H groups in total. The zero-order valence-corrected chi connectivity index (χ0v) is 10.0. The summed E-state index contributed by atoms with van der Waals surface area (Å²) in [5, 5.41) is 4.09. The van der Waals surface area contributed by atoms with Gasteiger partial charge in [-0.25, -0.2) is 8.42 Å². The molecule has 2 rings (SSSR count). The Balaban J connectivity index is 2.55. The SMILES string of the molecule is Cn1nc(-c2ccccc2)cc1S(=O)(=O)Cl. The summed E-state index contributed by atoms with van der Waals surface area (Å²) in [5.41, 5.74) is 1.44. The molecule has 1 aromatic heterocycles. The van der Waals surface area contributed by atoms with Gasteiger partial charge in [0, 0.05) is 29.4 Å². The van der Waals surface area contributed by atoms with Gasteiger partial charge in [0.25, 0.3) is 9.05 Å². The maximum atomic E-state index is 11.2. The number of nitrogens with zero attached hydrogens (tertiary/aromatic N) is 2. The topological polar surface area (TPSA) is 52.0 Å². The van der Waals surface area contributed by atoms with E-state index in [9.17, 15) is 8.42 Å². The van der Waals surface area contributed by atoms with Crippen molar-refractivity contribution in [2.24, 2.45) is 7.05 Å². The van der Waals surface area contributed by atoms with E-state index in [1.807, 2.05) is 30.3 Å². The van der Waals surface area contributed by atoms with Crippen LogP contribution >= 0.6 is 10.7 Å². The van der Waals surface area contributed by atoms with Crippen LogP contribution < -0.4 is 0 Å². The van der Waals surface area contributed by atoms with Gasteiger partial charge in [0.1, 0.15) is 0 Å². The molecule has 2 aromatic rings. The van der Waals surface area contributed by atoms with Gasteiger partial charge in [-0.3, -0.25) is 4.68 Å². The summed E-state index contributed by atoms with van der Waals surface area (Å²) in [7, 11) is 3.07. The van der Waals surface area contributed by atoms with E-state index >= 15 is 0 Å². The lowest BCUT2D eigenvalue weighted by Gasteiger charge is -1.94. The molecule has 1 aromatic carbocycles. The standard InChI is InChI=1S/C10H9ClN2O2S/c1-13-10(16(11,14)15)7-9(12-13)8-5-3-2-4-6-8/h2-7H,1H3. The van der Waals surface area contributed by atoms with Crippen LogP contribution in [0.3, 0.4) is 0 Å². The van der Waals surface area contributed by atoms with E-state index in [1.54, 1.807) is 7.05 Å². The second-order valence-electron chi connectivity index (χ2n) is 3.30. The first kappa shape index (κ1) is 11.2. The Bertz CT molecular complexity index is 605. The van der Waals surface area contributed by atoms with E-state index in [0.717, 1.165) is 5.56 Å². The van der Waals surface area contributed by atoms with Crippen molar-refractivity contribution in [3.63, 3.8) is 0 Å². The quantitative estimate of drug-likeness (QED) is 0.773. The maximum absolute atomic E-state index is 11.2. The van der Waals surface area contributed by atoms with Crippen molar-refractivity contribution in [1.82, 2.24) is 9.78 Å². The maximum Gasteiger partial charge on any atom is 0.278 e. The van der Waals surface area contributed by atoms with E-state index in [4.69, 9.17) is 10.7 Å². The molecule has 0 saturated carbocycles. The molecule has 0 fully saturated rings. The molecule has 0 radical (unpaired) electrons. The third-order valence-electron chi connectivity index (χ3n) is 2.16. The highest BCUT2D eigenvalue weighted by atomic mass is 35.7. The Morgan fingerprint density at radius 2 is 1.88 bits per heavy atom. The highest BCUT2D eigenvalue weighted by molar-refractivity contribution is 8.13. The van der Waals surface area contributed by atoms with Gasteiger partial charge in [0.05, 0.1) is 5.69 Å². The Kier molecular flexibility index (Phi) is 2.73. The van der Waals surface area contributed by atoms with Crippen LogP contribution in [0.25, 0.3) is 11.3 Å². The number of benzene rings is 1. The molecule has 0 aliphatic carbocycles. The van der Waals surface area contributed by atoms with E-state index in [1.165, 1.54) is 10.7 Å². The Hall–Kier alpha value is -1.33. The van der Waals surface area contributed by atoms with Crippen LogP contribution in [0.4, 0.5) is 0 Å². The first-order valence-electron chi connectivity index (χ1n) is 4.52. The first-order valence-corrected chi connectivity index (χ1v) is 6.83. The van der Waals surface area contributed by atoms with Crippen LogP contribution in [0.2, 0.25) is 0 Å². The van der Waals surface area contributed by atoms with Gasteiger partial charge in [0.15, 0.2) is 5.03 Å². The molecule has 16 heavy (non-hydrogen) atoms. The predicted molar refractivity (Wildman–Crippen MR) is 61.7 cm³/mol. The molecule has 0 atom stereocenters. The lowest BCUT2D eigenvalue weighted by atomic mass is 10.2. The summed E-state index contributed by atoms with van der Waals surface area (Å²) in [4.78, 5) is 0. The molecule has 0 amide bonds. The molecule has 0 aliphatic rings. The number of aryl methyl sites for hydroxylation is 1. The van der Waals surface area contributed by atoms with Crippen molar-refractivity contribution in [1.29, 1.82) is 0 Å². The number of aromatic nitrogens is 2. The van der Waals surface area contributed by atoms with Crippen LogP contribution in [0.1, 0.15) is 0 Å². The zero-order chi connectivity index (χ0) is 11.8.